The van der Waals surface area contributed by atoms with Crippen LogP contribution >= 0.6 is 0 Å². The summed E-state index contributed by atoms with van der Waals surface area (Å²) in [6.07, 6.45) is 46.3. The third-order valence-corrected chi connectivity index (χ3v) is 21.1. The minimum Gasteiger partial charge on any atom is -0.394 e. The molecule has 3 heterocycles. The van der Waals surface area contributed by atoms with Crippen LogP contribution in [0.2, 0.25) is 0 Å². The Hall–Kier alpha value is -1.47. The molecule has 17 atom stereocenters. The molecule has 3 rings (SSSR count). The van der Waals surface area contributed by atoms with E-state index >= 15 is 0 Å². The van der Waals surface area contributed by atoms with E-state index in [0.29, 0.717) is 6.42 Å². The van der Waals surface area contributed by atoms with Crippen LogP contribution in [-0.2, 0) is 33.2 Å². The zero-order valence-corrected chi connectivity index (χ0v) is 62.8. The summed E-state index contributed by atoms with van der Waals surface area (Å²) in [6, 6.07) is -0.970. The molecule has 3 saturated heterocycles. The van der Waals surface area contributed by atoms with Gasteiger partial charge in [-0.25, -0.2) is 0 Å². The molecule has 0 aliphatic carbocycles. The number of unbranched alkanes of at least 4 members (excludes halogenated alkanes) is 51. The van der Waals surface area contributed by atoms with Crippen LogP contribution in [-0.4, -0.2) is 193 Å². The predicted octanol–water partition coefficient (Wildman–Crippen LogP) is 14.0. The van der Waals surface area contributed by atoms with E-state index in [1.165, 1.54) is 289 Å². The third-order valence-electron chi connectivity index (χ3n) is 21.1. The van der Waals surface area contributed by atoms with Gasteiger partial charge in [-0.2, -0.15) is 0 Å². The van der Waals surface area contributed by atoms with Crippen LogP contribution in [0.3, 0.4) is 0 Å². The van der Waals surface area contributed by atoms with E-state index in [4.69, 9.17) is 28.4 Å². The highest BCUT2D eigenvalue weighted by atomic mass is 16.8. The van der Waals surface area contributed by atoms with Crippen LogP contribution in [0.1, 0.15) is 361 Å². The van der Waals surface area contributed by atoms with Crippen LogP contribution in [0.15, 0.2) is 12.2 Å². The second-order valence-electron chi connectivity index (χ2n) is 30.0. The monoisotopic (exact) mass is 1420 g/mol. The van der Waals surface area contributed by atoms with E-state index in [1.807, 2.05) is 6.08 Å². The Morgan fingerprint density at radius 3 is 0.949 bits per heavy atom. The second kappa shape index (κ2) is 61.7. The van der Waals surface area contributed by atoms with Gasteiger partial charge in [-0.15, -0.1) is 0 Å². The number of carbonyl (C=O) groups is 1. The lowest BCUT2D eigenvalue weighted by molar-refractivity contribution is -0.379. The summed E-state index contributed by atoms with van der Waals surface area (Å²) in [4.78, 5) is 13.5. The van der Waals surface area contributed by atoms with Crippen molar-refractivity contribution in [1.29, 1.82) is 0 Å². The Morgan fingerprint density at radius 1 is 0.354 bits per heavy atom. The van der Waals surface area contributed by atoms with Crippen molar-refractivity contribution >= 4 is 5.91 Å². The fraction of sp³-hybridized carbons (Fsp3) is 0.963. The molecule has 3 aliphatic rings. The van der Waals surface area contributed by atoms with Crippen molar-refractivity contribution < 1.29 is 89.4 Å². The standard InChI is InChI=1S/C80H153NO18/c1-3-5-7-9-11-13-15-17-19-21-23-25-27-29-31-32-33-35-37-39-41-43-45-47-49-51-53-55-57-64(85)63(81-68(86)58-56-54-52-50-48-46-44-42-40-38-36-34-30-28-26-24-22-20-18-16-14-12-10-8-6-4-2)62-94-78-74(92)71(89)76(66(60-83)96-78)99-80-75(93)72(90)77(67(61-84)97-80)98-79-73(91)70(88)69(87)65(59-82)95-79/h55,57,63-67,69-80,82-85,87-93H,3-54,56,58-62H2,1-2H3,(H,81,86)/b57-55+. The van der Waals surface area contributed by atoms with Gasteiger partial charge < -0.3 is 89.9 Å². The minimum absolute atomic E-state index is 0.250. The number of carbonyl (C=O) groups excluding carboxylic acids is 1. The molecule has 0 bridgehead atoms. The van der Waals surface area contributed by atoms with Gasteiger partial charge in [0.2, 0.25) is 5.91 Å². The van der Waals surface area contributed by atoms with Gasteiger partial charge in [0.05, 0.1) is 38.6 Å². The van der Waals surface area contributed by atoms with E-state index in [-0.39, 0.29) is 18.9 Å². The summed E-state index contributed by atoms with van der Waals surface area (Å²) >= 11 is 0. The predicted molar refractivity (Wildman–Crippen MR) is 393 cm³/mol. The molecule has 3 fully saturated rings. The lowest BCUT2D eigenvalue weighted by Crippen LogP contribution is -2.66. The fourth-order valence-corrected chi connectivity index (χ4v) is 14.4. The van der Waals surface area contributed by atoms with Gasteiger partial charge in [-0.05, 0) is 19.3 Å². The molecular weight excluding hydrogens is 1260 g/mol. The molecule has 99 heavy (non-hydrogen) atoms. The quantitative estimate of drug-likeness (QED) is 0.0199. The van der Waals surface area contributed by atoms with Crippen molar-refractivity contribution in [2.45, 2.75) is 465 Å². The zero-order chi connectivity index (χ0) is 71.8. The number of hydrogen-bond donors (Lipinski definition) is 12. The van der Waals surface area contributed by atoms with Crippen molar-refractivity contribution in [3.63, 3.8) is 0 Å². The average Bonchev–Trinajstić information content (AvgIpc) is 0.506. The van der Waals surface area contributed by atoms with Crippen molar-refractivity contribution in [2.24, 2.45) is 0 Å². The maximum atomic E-state index is 13.5. The average molecular weight is 1420 g/mol. The van der Waals surface area contributed by atoms with Crippen LogP contribution in [0.25, 0.3) is 0 Å². The van der Waals surface area contributed by atoms with E-state index in [2.05, 4.69) is 19.2 Å². The number of rotatable bonds is 67. The number of ether oxygens (including phenoxy) is 6. The first-order valence-electron chi connectivity index (χ1n) is 41.4. The molecule has 3 aliphatic heterocycles. The summed E-state index contributed by atoms with van der Waals surface area (Å²) in [7, 11) is 0. The maximum absolute atomic E-state index is 13.5. The van der Waals surface area contributed by atoms with E-state index in [0.717, 1.165) is 44.9 Å². The van der Waals surface area contributed by atoms with Crippen molar-refractivity contribution in [2.75, 3.05) is 26.4 Å². The normalized spacial score (nSPS) is 26.6. The zero-order valence-electron chi connectivity index (χ0n) is 62.8. The fourth-order valence-electron chi connectivity index (χ4n) is 14.4. The van der Waals surface area contributed by atoms with E-state index in [9.17, 15) is 61.0 Å². The second-order valence-corrected chi connectivity index (χ2v) is 30.0. The lowest BCUT2D eigenvalue weighted by Gasteiger charge is -2.48. The maximum Gasteiger partial charge on any atom is 0.220 e. The Morgan fingerprint density at radius 2 is 0.626 bits per heavy atom. The number of aliphatic hydroxyl groups is 11. The SMILES string of the molecule is CCCCCCCCCCCCCCCCCCCCCCCCCCCC/C=C/C(O)C(COC1OC(CO)C(OC2OC(CO)C(OC3OC(CO)C(O)C(O)C3O)C(O)C2O)C(O)C1O)NC(=O)CCCCCCCCCCCCCCCCCCCCCCCCCCCC. The molecule has 0 aromatic heterocycles. The highest BCUT2D eigenvalue weighted by Crippen LogP contribution is 2.33. The molecule has 19 heteroatoms. The number of allylic oxidation sites excluding steroid dienone is 1. The molecule has 1 amide bonds. The minimum atomic E-state index is -1.98. The first-order chi connectivity index (χ1) is 48.3. The third kappa shape index (κ3) is 41.9. The van der Waals surface area contributed by atoms with Crippen LogP contribution < -0.4 is 5.32 Å². The first kappa shape index (κ1) is 91.7. The van der Waals surface area contributed by atoms with Gasteiger partial charge in [0.15, 0.2) is 18.9 Å². The van der Waals surface area contributed by atoms with Crippen LogP contribution in [0.5, 0.6) is 0 Å². The molecule has 19 nitrogen and oxygen atoms in total. The molecule has 0 aromatic carbocycles. The molecule has 0 spiro atoms. The van der Waals surface area contributed by atoms with Gasteiger partial charge in [0, 0.05) is 6.42 Å². The van der Waals surface area contributed by atoms with Gasteiger partial charge in [-0.3, -0.25) is 4.79 Å². The number of nitrogens with one attached hydrogen (secondary N) is 1. The Balaban J connectivity index is 1.37. The number of aliphatic hydroxyl groups excluding tert-OH is 11. The largest absolute Gasteiger partial charge is 0.394 e. The first-order valence-corrected chi connectivity index (χ1v) is 41.4. The Labute approximate surface area is 601 Å². The van der Waals surface area contributed by atoms with Crippen molar-refractivity contribution in [1.82, 2.24) is 5.32 Å². The van der Waals surface area contributed by atoms with Gasteiger partial charge in [-0.1, -0.05) is 347 Å². The van der Waals surface area contributed by atoms with Crippen molar-refractivity contribution in [3.8, 4) is 0 Å². The van der Waals surface area contributed by atoms with Crippen LogP contribution in [0.4, 0.5) is 0 Å². The lowest BCUT2D eigenvalue weighted by atomic mass is 9.96. The molecule has 0 saturated carbocycles. The molecule has 586 valence electrons. The summed E-state index contributed by atoms with van der Waals surface area (Å²) < 4.78 is 34.5. The number of amides is 1. The van der Waals surface area contributed by atoms with E-state index in [1.54, 1.807) is 6.08 Å². The highest BCUT2D eigenvalue weighted by molar-refractivity contribution is 5.76. The highest BCUT2D eigenvalue weighted by Gasteiger charge is 2.54. The Kier molecular flexibility index (Phi) is 57.1. The molecular formula is C80H153NO18. The molecule has 0 aromatic rings. The van der Waals surface area contributed by atoms with Gasteiger partial charge >= 0.3 is 0 Å². The van der Waals surface area contributed by atoms with Crippen LogP contribution in [0, 0.1) is 0 Å². The summed E-state index contributed by atoms with van der Waals surface area (Å²) in [5.74, 6) is -0.266. The van der Waals surface area contributed by atoms with Gasteiger partial charge in [0.1, 0.15) is 73.2 Å². The van der Waals surface area contributed by atoms with Gasteiger partial charge in [0.25, 0.3) is 0 Å². The van der Waals surface area contributed by atoms with Crippen molar-refractivity contribution in [3.05, 3.63) is 12.2 Å². The molecule has 12 N–H and O–H groups in total. The van der Waals surface area contributed by atoms with E-state index < -0.39 is 124 Å². The molecule has 0 radical (unpaired) electrons. The summed E-state index contributed by atoms with van der Waals surface area (Å²) in [5, 5.41) is 121. The molecule has 17 unspecified atom stereocenters. The Bertz CT molecular complexity index is 1840. The number of hydrogen-bond acceptors (Lipinski definition) is 18. The smallest absolute Gasteiger partial charge is 0.220 e. The topological polar surface area (TPSA) is 307 Å². The summed E-state index contributed by atoms with van der Waals surface area (Å²) in [6.45, 7) is 1.81. The summed E-state index contributed by atoms with van der Waals surface area (Å²) in [5.41, 5.74) is 0.